The SMILES string of the molecule is CCOc1cc(-c2ccc(N3CC4CC(C3)N4Cc3ccc(OC)nc3)nc2)c2c3c(nn2c1)CN=C3C. The summed E-state index contributed by atoms with van der Waals surface area (Å²) in [4.78, 5) is 18.9. The lowest BCUT2D eigenvalue weighted by atomic mass is 9.87. The third kappa shape index (κ3) is 3.80. The van der Waals surface area contributed by atoms with Crippen molar-refractivity contribution in [2.75, 3.05) is 31.7 Å². The van der Waals surface area contributed by atoms with Crippen molar-refractivity contribution in [3.8, 4) is 22.8 Å². The minimum Gasteiger partial charge on any atom is -0.492 e. The van der Waals surface area contributed by atoms with Crippen LogP contribution < -0.4 is 14.4 Å². The Balaban J connectivity index is 1.12. The molecule has 3 saturated heterocycles. The van der Waals surface area contributed by atoms with Crippen LogP contribution in [-0.4, -0.2) is 69.1 Å². The smallest absolute Gasteiger partial charge is 0.212 e. The summed E-state index contributed by atoms with van der Waals surface area (Å²) in [6, 6.07) is 11.6. The zero-order valence-corrected chi connectivity index (χ0v) is 22.0. The molecule has 0 aromatic carbocycles. The molecule has 0 amide bonds. The Bertz CT molecular complexity index is 1520. The van der Waals surface area contributed by atoms with Crippen LogP contribution in [0.1, 0.15) is 37.1 Å². The third-order valence-corrected chi connectivity index (χ3v) is 8.01. The molecule has 38 heavy (non-hydrogen) atoms. The fourth-order valence-electron chi connectivity index (χ4n) is 6.13. The predicted octanol–water partition coefficient (Wildman–Crippen LogP) is 3.98. The summed E-state index contributed by atoms with van der Waals surface area (Å²) in [6.07, 6.45) is 7.12. The fourth-order valence-corrected chi connectivity index (χ4v) is 6.13. The van der Waals surface area contributed by atoms with Crippen molar-refractivity contribution >= 4 is 17.0 Å². The highest BCUT2D eigenvalue weighted by atomic mass is 16.5. The molecular formula is C29H31N7O2. The van der Waals surface area contributed by atoms with Crippen LogP contribution in [0, 0.1) is 0 Å². The average molecular weight is 510 g/mol. The number of fused-ring (bicyclic) bond motifs is 5. The first-order chi connectivity index (χ1) is 18.6. The second-order valence-corrected chi connectivity index (χ2v) is 10.3. The molecule has 8 rings (SSSR count). The average Bonchev–Trinajstić information content (AvgIpc) is 3.50. The van der Waals surface area contributed by atoms with Crippen LogP contribution in [0.4, 0.5) is 5.82 Å². The summed E-state index contributed by atoms with van der Waals surface area (Å²) in [6.45, 7) is 8.20. The summed E-state index contributed by atoms with van der Waals surface area (Å²) >= 11 is 0. The van der Waals surface area contributed by atoms with Gasteiger partial charge in [-0.3, -0.25) is 9.89 Å². The maximum Gasteiger partial charge on any atom is 0.212 e. The van der Waals surface area contributed by atoms with E-state index in [4.69, 9.17) is 19.6 Å². The predicted molar refractivity (Wildman–Crippen MR) is 146 cm³/mol. The monoisotopic (exact) mass is 509 g/mol. The van der Waals surface area contributed by atoms with Crippen LogP contribution in [0.3, 0.4) is 0 Å². The second kappa shape index (κ2) is 9.09. The fraction of sp³-hybridized carbons (Fsp3) is 0.379. The highest BCUT2D eigenvalue weighted by Gasteiger charge is 2.44. The molecular weight excluding hydrogens is 478 g/mol. The standard InChI is InChI=1S/C29H31N7O2/c1-4-38-23-10-24(29-28-18(2)30-13-25(28)33-36(29)17-23)20-6-7-26(31-12-20)34-15-21-9-22(16-34)35(21)14-19-5-8-27(37-3)32-11-19/h5-8,10-12,17,21-22H,4,9,13-16H2,1-3H3. The van der Waals surface area contributed by atoms with Crippen molar-refractivity contribution in [1.29, 1.82) is 0 Å². The number of nitrogens with zero attached hydrogens (tertiary/aromatic N) is 7. The van der Waals surface area contributed by atoms with Gasteiger partial charge in [0.05, 0.1) is 37.7 Å². The van der Waals surface area contributed by atoms with E-state index in [0.29, 0.717) is 31.1 Å². The summed E-state index contributed by atoms with van der Waals surface area (Å²) in [5.74, 6) is 2.49. The summed E-state index contributed by atoms with van der Waals surface area (Å²) in [5, 5.41) is 4.80. The number of piperazine rings is 1. The van der Waals surface area contributed by atoms with Gasteiger partial charge in [0.2, 0.25) is 5.88 Å². The Labute approximate surface area is 221 Å². The van der Waals surface area contributed by atoms with Gasteiger partial charge in [0.1, 0.15) is 11.6 Å². The van der Waals surface area contributed by atoms with E-state index in [9.17, 15) is 0 Å². The zero-order chi connectivity index (χ0) is 25.8. The van der Waals surface area contributed by atoms with Crippen LogP contribution in [0.2, 0.25) is 0 Å². The van der Waals surface area contributed by atoms with Crippen molar-refractivity contribution in [2.24, 2.45) is 4.99 Å². The molecule has 0 N–H and O–H groups in total. The molecule has 3 fully saturated rings. The number of aromatic nitrogens is 4. The molecule has 9 heteroatoms. The van der Waals surface area contributed by atoms with Crippen LogP contribution in [0.5, 0.6) is 11.6 Å². The topological polar surface area (TPSA) is 80.4 Å². The minimum atomic E-state index is 0.538. The lowest BCUT2D eigenvalue weighted by molar-refractivity contribution is -0.00876. The van der Waals surface area contributed by atoms with Gasteiger partial charge in [-0.05, 0) is 44.0 Å². The molecule has 0 aliphatic carbocycles. The van der Waals surface area contributed by atoms with Crippen molar-refractivity contribution in [1.82, 2.24) is 24.5 Å². The molecule has 8 heterocycles. The van der Waals surface area contributed by atoms with Crippen LogP contribution in [-0.2, 0) is 13.1 Å². The number of hydrogen-bond donors (Lipinski definition) is 0. The maximum atomic E-state index is 5.87. The molecule has 2 unspecified atom stereocenters. The maximum absolute atomic E-state index is 5.87. The molecule has 9 nitrogen and oxygen atoms in total. The number of rotatable bonds is 7. The van der Waals surface area contributed by atoms with E-state index in [1.807, 2.05) is 36.1 Å². The van der Waals surface area contributed by atoms with Gasteiger partial charge >= 0.3 is 0 Å². The van der Waals surface area contributed by atoms with Gasteiger partial charge in [-0.2, -0.15) is 5.10 Å². The van der Waals surface area contributed by atoms with E-state index in [1.54, 1.807) is 7.11 Å². The summed E-state index contributed by atoms with van der Waals surface area (Å²) in [5.41, 5.74) is 7.61. The number of methoxy groups -OCH3 is 1. The molecule has 2 atom stereocenters. The van der Waals surface area contributed by atoms with E-state index in [-0.39, 0.29) is 0 Å². The number of hydrogen-bond acceptors (Lipinski definition) is 8. The highest BCUT2D eigenvalue weighted by molar-refractivity contribution is 6.10. The molecule has 0 saturated carbocycles. The first-order valence-corrected chi connectivity index (χ1v) is 13.3. The Morgan fingerprint density at radius 1 is 1.05 bits per heavy atom. The molecule has 0 radical (unpaired) electrons. The van der Waals surface area contributed by atoms with Crippen molar-refractivity contribution in [3.05, 3.63) is 65.7 Å². The quantitative estimate of drug-likeness (QED) is 0.373. The molecule has 194 valence electrons. The van der Waals surface area contributed by atoms with E-state index >= 15 is 0 Å². The first-order valence-electron chi connectivity index (χ1n) is 13.3. The van der Waals surface area contributed by atoms with Crippen molar-refractivity contribution < 1.29 is 9.47 Å². The van der Waals surface area contributed by atoms with Crippen LogP contribution >= 0.6 is 0 Å². The second-order valence-electron chi connectivity index (χ2n) is 10.3. The molecule has 4 aromatic heterocycles. The number of anilines is 1. The van der Waals surface area contributed by atoms with Gasteiger partial charge in [0.15, 0.2) is 0 Å². The van der Waals surface area contributed by atoms with Crippen molar-refractivity contribution in [2.45, 2.75) is 45.4 Å². The first kappa shape index (κ1) is 23.2. The Kier molecular flexibility index (Phi) is 5.54. The lowest BCUT2D eigenvalue weighted by Gasteiger charge is -2.56. The van der Waals surface area contributed by atoms with Crippen LogP contribution in [0.25, 0.3) is 16.6 Å². The van der Waals surface area contributed by atoms with Gasteiger partial charge in [-0.1, -0.05) is 6.07 Å². The zero-order valence-electron chi connectivity index (χ0n) is 22.0. The largest absolute Gasteiger partial charge is 0.492 e. The summed E-state index contributed by atoms with van der Waals surface area (Å²) in [7, 11) is 1.65. The minimum absolute atomic E-state index is 0.538. The Hall–Kier alpha value is -3.98. The number of pyridine rings is 3. The molecule has 4 aliphatic rings. The number of aliphatic imine (C=N–C) groups is 1. The van der Waals surface area contributed by atoms with Gasteiger partial charge < -0.3 is 14.4 Å². The third-order valence-electron chi connectivity index (χ3n) is 8.01. The molecule has 2 bridgehead atoms. The van der Waals surface area contributed by atoms with Gasteiger partial charge in [0, 0.05) is 72.6 Å². The highest BCUT2D eigenvalue weighted by Crippen LogP contribution is 2.37. The van der Waals surface area contributed by atoms with E-state index < -0.39 is 0 Å². The lowest BCUT2D eigenvalue weighted by Crippen LogP contribution is -2.68. The normalized spacial score (nSPS) is 20.3. The van der Waals surface area contributed by atoms with Gasteiger partial charge in [-0.15, -0.1) is 0 Å². The van der Waals surface area contributed by atoms with Gasteiger partial charge in [-0.25, -0.2) is 14.5 Å². The molecule has 0 spiro atoms. The van der Waals surface area contributed by atoms with Gasteiger partial charge in [0.25, 0.3) is 0 Å². The van der Waals surface area contributed by atoms with E-state index in [1.165, 1.54) is 12.0 Å². The number of ether oxygens (including phenoxy) is 2. The van der Waals surface area contributed by atoms with Crippen molar-refractivity contribution in [3.63, 3.8) is 0 Å². The Morgan fingerprint density at radius 3 is 2.63 bits per heavy atom. The van der Waals surface area contributed by atoms with E-state index in [0.717, 1.165) is 64.8 Å². The Morgan fingerprint density at radius 2 is 1.92 bits per heavy atom. The van der Waals surface area contributed by atoms with Crippen LogP contribution in [0.15, 0.2) is 53.9 Å². The summed E-state index contributed by atoms with van der Waals surface area (Å²) < 4.78 is 13.0. The van der Waals surface area contributed by atoms with E-state index in [2.05, 4.69) is 51.0 Å². The number of piperidine rings is 1. The molecule has 4 aliphatic heterocycles. The molecule has 4 aromatic rings.